The molecule has 0 unspecified atom stereocenters. The van der Waals surface area contributed by atoms with Gasteiger partial charge in [0.05, 0.1) is 11.3 Å². The fourth-order valence-electron chi connectivity index (χ4n) is 1.80. The van der Waals surface area contributed by atoms with Gasteiger partial charge >= 0.3 is 0 Å². The molecule has 0 aliphatic rings. The van der Waals surface area contributed by atoms with Crippen LogP contribution in [0.25, 0.3) is 11.5 Å². The van der Waals surface area contributed by atoms with Crippen molar-refractivity contribution in [2.45, 2.75) is 6.42 Å². The molecule has 5 nitrogen and oxygen atoms in total. The van der Waals surface area contributed by atoms with Crippen LogP contribution in [0.1, 0.15) is 11.4 Å². The molecule has 0 atom stereocenters. The highest BCUT2D eigenvalue weighted by Crippen LogP contribution is 2.18. The summed E-state index contributed by atoms with van der Waals surface area (Å²) in [5.41, 5.74) is 8.11. The molecule has 94 valence electrons. The maximum Gasteiger partial charge on any atom is 0.259 e. The van der Waals surface area contributed by atoms with Gasteiger partial charge in [-0.05, 0) is 11.6 Å². The molecule has 0 amide bonds. The van der Waals surface area contributed by atoms with E-state index in [0.717, 1.165) is 11.1 Å². The van der Waals surface area contributed by atoms with E-state index < -0.39 is 0 Å². The number of aromatic nitrogens is 3. The summed E-state index contributed by atoms with van der Waals surface area (Å²) in [5.74, 6) is 1.08. The van der Waals surface area contributed by atoms with Crippen molar-refractivity contribution in [3.05, 3.63) is 60.2 Å². The minimum Gasteiger partial charge on any atom is -0.397 e. The van der Waals surface area contributed by atoms with Crippen molar-refractivity contribution >= 4 is 5.69 Å². The number of nitrogens with two attached hydrogens (primary N) is 1. The van der Waals surface area contributed by atoms with E-state index >= 15 is 0 Å². The van der Waals surface area contributed by atoms with Crippen molar-refractivity contribution in [2.75, 3.05) is 5.73 Å². The molecule has 3 aromatic rings. The Labute approximate surface area is 110 Å². The van der Waals surface area contributed by atoms with Crippen LogP contribution in [0.15, 0.2) is 53.3 Å². The Hall–Kier alpha value is -2.69. The van der Waals surface area contributed by atoms with Gasteiger partial charge in [-0.2, -0.15) is 4.98 Å². The van der Waals surface area contributed by atoms with E-state index in [1.54, 1.807) is 18.5 Å². The highest BCUT2D eigenvalue weighted by molar-refractivity contribution is 5.57. The fraction of sp³-hybridized carbons (Fsp3) is 0.0714. The Balaban J connectivity index is 1.84. The normalized spacial score (nSPS) is 10.5. The summed E-state index contributed by atoms with van der Waals surface area (Å²) in [4.78, 5) is 8.34. The van der Waals surface area contributed by atoms with Crippen molar-refractivity contribution in [3.8, 4) is 11.5 Å². The summed E-state index contributed by atoms with van der Waals surface area (Å²) in [6.07, 6.45) is 3.86. The zero-order chi connectivity index (χ0) is 13.1. The van der Waals surface area contributed by atoms with E-state index in [0.29, 0.717) is 23.8 Å². The number of hydrogen-bond acceptors (Lipinski definition) is 5. The average Bonchev–Trinajstić information content (AvgIpc) is 2.88. The van der Waals surface area contributed by atoms with Gasteiger partial charge < -0.3 is 10.3 Å². The van der Waals surface area contributed by atoms with Gasteiger partial charge in [0.25, 0.3) is 5.89 Å². The maximum absolute atomic E-state index is 5.67. The summed E-state index contributed by atoms with van der Waals surface area (Å²) in [7, 11) is 0. The number of nitrogen functional groups attached to an aromatic ring is 1. The second-order valence-electron chi connectivity index (χ2n) is 4.19. The molecule has 3 rings (SSSR count). The maximum atomic E-state index is 5.67. The molecule has 5 heteroatoms. The molecular weight excluding hydrogens is 240 g/mol. The highest BCUT2D eigenvalue weighted by atomic mass is 16.5. The monoisotopic (exact) mass is 252 g/mol. The Morgan fingerprint density at radius 1 is 1.11 bits per heavy atom. The molecule has 0 bridgehead atoms. The smallest absolute Gasteiger partial charge is 0.259 e. The SMILES string of the molecule is Nc1cncc(-c2nc(Cc3ccccc3)no2)c1. The van der Waals surface area contributed by atoms with Gasteiger partial charge in [0, 0.05) is 18.8 Å². The Morgan fingerprint density at radius 3 is 2.74 bits per heavy atom. The third-order valence-corrected chi connectivity index (χ3v) is 2.68. The van der Waals surface area contributed by atoms with Crippen molar-refractivity contribution in [2.24, 2.45) is 0 Å². The lowest BCUT2D eigenvalue weighted by Crippen LogP contribution is -1.91. The molecule has 0 saturated heterocycles. The van der Waals surface area contributed by atoms with E-state index in [1.807, 2.05) is 30.3 Å². The predicted octanol–water partition coefficient (Wildman–Crippen LogP) is 2.30. The zero-order valence-corrected chi connectivity index (χ0v) is 10.2. The minimum atomic E-state index is 0.436. The standard InChI is InChI=1S/C14H12N4O/c15-12-7-11(8-16-9-12)14-17-13(18-19-14)6-10-4-2-1-3-5-10/h1-5,7-9H,6,15H2. The van der Waals surface area contributed by atoms with Crippen molar-refractivity contribution in [3.63, 3.8) is 0 Å². The molecule has 0 radical (unpaired) electrons. The van der Waals surface area contributed by atoms with Crippen molar-refractivity contribution < 1.29 is 4.52 Å². The Morgan fingerprint density at radius 2 is 1.95 bits per heavy atom. The molecule has 0 spiro atoms. The average molecular weight is 252 g/mol. The van der Waals surface area contributed by atoms with Crippen LogP contribution in [0.2, 0.25) is 0 Å². The lowest BCUT2D eigenvalue weighted by atomic mass is 10.1. The van der Waals surface area contributed by atoms with Crippen LogP contribution in [0.5, 0.6) is 0 Å². The van der Waals surface area contributed by atoms with E-state index in [4.69, 9.17) is 10.3 Å². The number of hydrogen-bond donors (Lipinski definition) is 1. The van der Waals surface area contributed by atoms with Gasteiger partial charge in [0.15, 0.2) is 5.82 Å². The molecule has 19 heavy (non-hydrogen) atoms. The largest absolute Gasteiger partial charge is 0.397 e. The molecule has 0 saturated carbocycles. The first kappa shape index (κ1) is 11.4. The fourth-order valence-corrected chi connectivity index (χ4v) is 1.80. The number of benzene rings is 1. The minimum absolute atomic E-state index is 0.436. The van der Waals surface area contributed by atoms with Gasteiger partial charge in [0.2, 0.25) is 0 Å². The van der Waals surface area contributed by atoms with Crippen molar-refractivity contribution in [1.29, 1.82) is 0 Å². The van der Waals surface area contributed by atoms with Crippen LogP contribution in [0, 0.1) is 0 Å². The molecule has 0 aliphatic heterocycles. The quantitative estimate of drug-likeness (QED) is 0.773. The lowest BCUT2D eigenvalue weighted by molar-refractivity contribution is 0.424. The second kappa shape index (κ2) is 4.89. The Kier molecular flexibility index (Phi) is 2.94. The number of rotatable bonds is 3. The summed E-state index contributed by atoms with van der Waals surface area (Å²) >= 11 is 0. The third-order valence-electron chi connectivity index (χ3n) is 2.68. The van der Waals surface area contributed by atoms with Gasteiger partial charge in [0.1, 0.15) is 0 Å². The van der Waals surface area contributed by atoms with Crippen LogP contribution in [0.3, 0.4) is 0 Å². The number of anilines is 1. The molecule has 2 aromatic heterocycles. The molecular formula is C14H12N4O. The van der Waals surface area contributed by atoms with E-state index in [1.165, 1.54) is 0 Å². The highest BCUT2D eigenvalue weighted by Gasteiger charge is 2.09. The topological polar surface area (TPSA) is 77.8 Å². The van der Waals surface area contributed by atoms with Crippen LogP contribution in [-0.2, 0) is 6.42 Å². The van der Waals surface area contributed by atoms with E-state index in [2.05, 4.69) is 15.1 Å². The molecule has 0 aliphatic carbocycles. The molecule has 2 N–H and O–H groups in total. The van der Waals surface area contributed by atoms with Gasteiger partial charge in [-0.25, -0.2) is 0 Å². The summed E-state index contributed by atoms with van der Waals surface area (Å²) in [5, 5.41) is 3.96. The van der Waals surface area contributed by atoms with Crippen LogP contribution < -0.4 is 5.73 Å². The van der Waals surface area contributed by atoms with Crippen LogP contribution >= 0.6 is 0 Å². The summed E-state index contributed by atoms with van der Waals surface area (Å²) in [6.45, 7) is 0. The first-order valence-electron chi connectivity index (χ1n) is 5.89. The van der Waals surface area contributed by atoms with E-state index in [9.17, 15) is 0 Å². The van der Waals surface area contributed by atoms with Crippen LogP contribution in [0.4, 0.5) is 5.69 Å². The first-order chi connectivity index (χ1) is 9.31. The van der Waals surface area contributed by atoms with Gasteiger partial charge in [-0.3, -0.25) is 4.98 Å². The second-order valence-corrected chi connectivity index (χ2v) is 4.19. The van der Waals surface area contributed by atoms with Crippen molar-refractivity contribution in [1.82, 2.24) is 15.1 Å². The predicted molar refractivity (Wildman–Crippen MR) is 71.2 cm³/mol. The van der Waals surface area contributed by atoms with Gasteiger partial charge in [-0.15, -0.1) is 0 Å². The van der Waals surface area contributed by atoms with E-state index in [-0.39, 0.29) is 0 Å². The molecule has 0 fully saturated rings. The lowest BCUT2D eigenvalue weighted by Gasteiger charge is -1.95. The number of nitrogens with zero attached hydrogens (tertiary/aromatic N) is 3. The van der Waals surface area contributed by atoms with Crippen LogP contribution in [-0.4, -0.2) is 15.1 Å². The zero-order valence-electron chi connectivity index (χ0n) is 10.2. The van der Waals surface area contributed by atoms with Gasteiger partial charge in [-0.1, -0.05) is 35.5 Å². The first-order valence-corrected chi connectivity index (χ1v) is 5.89. The summed E-state index contributed by atoms with van der Waals surface area (Å²) in [6, 6.07) is 11.8. The Bertz CT molecular complexity index is 679. The molecule has 2 heterocycles. The third kappa shape index (κ3) is 2.60. The molecule has 1 aromatic carbocycles. The summed E-state index contributed by atoms with van der Waals surface area (Å²) < 4.78 is 5.22. The number of pyridine rings is 1.